The molecule has 0 bridgehead atoms. The number of rotatable bonds is 3. The van der Waals surface area contributed by atoms with E-state index >= 15 is 0 Å². The summed E-state index contributed by atoms with van der Waals surface area (Å²) >= 11 is 3.58. The summed E-state index contributed by atoms with van der Waals surface area (Å²) in [4.78, 5) is 2.63. The van der Waals surface area contributed by atoms with Crippen LogP contribution in [0.15, 0.2) is 71.2 Å². The van der Waals surface area contributed by atoms with E-state index in [2.05, 4.69) is 92.9 Å². The van der Waals surface area contributed by atoms with E-state index in [4.69, 9.17) is 0 Å². The van der Waals surface area contributed by atoms with Crippen LogP contribution >= 0.6 is 15.9 Å². The first-order chi connectivity index (χ1) is 12.3. The molecule has 1 heterocycles. The first-order valence-electron chi connectivity index (χ1n) is 9.01. The molecule has 0 radical (unpaired) electrons. The van der Waals surface area contributed by atoms with Gasteiger partial charge < -0.3 is 5.32 Å². The Morgan fingerprint density at radius 3 is 2.52 bits per heavy atom. The van der Waals surface area contributed by atoms with Crippen molar-refractivity contribution in [3.8, 4) is 0 Å². The summed E-state index contributed by atoms with van der Waals surface area (Å²) < 4.78 is 1.13. The molecule has 3 aromatic rings. The maximum absolute atomic E-state index is 3.58. The molecule has 25 heavy (non-hydrogen) atoms. The van der Waals surface area contributed by atoms with Gasteiger partial charge in [-0.25, -0.2) is 0 Å². The van der Waals surface area contributed by atoms with Crippen LogP contribution in [0.4, 0.5) is 0 Å². The first kappa shape index (κ1) is 16.8. The Kier molecular flexibility index (Phi) is 5.16. The van der Waals surface area contributed by atoms with Crippen LogP contribution in [0.2, 0.25) is 0 Å². The normalized spacial score (nSPS) is 17.3. The predicted molar refractivity (Wildman–Crippen MR) is 109 cm³/mol. The van der Waals surface area contributed by atoms with Crippen LogP contribution in [0.25, 0.3) is 10.8 Å². The number of hydrogen-bond donors (Lipinski definition) is 1. The number of nitrogens with zero attached hydrogens (tertiary/aromatic N) is 1. The van der Waals surface area contributed by atoms with Gasteiger partial charge in [-0.3, -0.25) is 4.90 Å². The molecule has 0 spiro atoms. The highest BCUT2D eigenvalue weighted by Crippen LogP contribution is 2.34. The van der Waals surface area contributed by atoms with E-state index in [1.807, 2.05) is 0 Å². The lowest BCUT2D eigenvalue weighted by Gasteiger charge is -2.32. The standard InChI is InChI=1S/C22H23BrN2/c23-19-11-9-18(10-12-19)22(25-15-4-13-24-14-16-25)21-8-3-6-17-5-1-2-7-20(17)21/h1-3,5-12,22,24H,4,13-16H2. The highest BCUT2D eigenvalue weighted by atomic mass is 79.9. The topological polar surface area (TPSA) is 15.3 Å². The lowest BCUT2D eigenvalue weighted by molar-refractivity contribution is 0.242. The fourth-order valence-corrected chi connectivity index (χ4v) is 4.11. The van der Waals surface area contributed by atoms with Crippen LogP contribution in [0.3, 0.4) is 0 Å². The third-order valence-electron chi connectivity index (χ3n) is 5.04. The van der Waals surface area contributed by atoms with Crippen LogP contribution in [0, 0.1) is 0 Å². The molecule has 0 amide bonds. The van der Waals surface area contributed by atoms with Gasteiger partial charge in [0.2, 0.25) is 0 Å². The Morgan fingerprint density at radius 2 is 1.64 bits per heavy atom. The van der Waals surface area contributed by atoms with Gasteiger partial charge in [0.1, 0.15) is 0 Å². The van der Waals surface area contributed by atoms with Gasteiger partial charge in [0.15, 0.2) is 0 Å². The summed E-state index contributed by atoms with van der Waals surface area (Å²) in [6.07, 6.45) is 1.19. The number of hydrogen-bond acceptors (Lipinski definition) is 2. The molecular formula is C22H23BrN2. The van der Waals surface area contributed by atoms with Crippen molar-refractivity contribution >= 4 is 26.7 Å². The van der Waals surface area contributed by atoms with Gasteiger partial charge >= 0.3 is 0 Å². The highest BCUT2D eigenvalue weighted by molar-refractivity contribution is 9.10. The Bertz CT molecular complexity index is 831. The summed E-state index contributed by atoms with van der Waals surface area (Å²) in [5, 5.41) is 6.20. The molecule has 1 aliphatic heterocycles. The molecule has 4 rings (SSSR count). The largest absolute Gasteiger partial charge is 0.315 e. The second kappa shape index (κ2) is 7.69. The van der Waals surface area contributed by atoms with Gasteiger partial charge in [-0.2, -0.15) is 0 Å². The van der Waals surface area contributed by atoms with Crippen molar-refractivity contribution in [3.05, 3.63) is 82.3 Å². The molecule has 0 aliphatic carbocycles. The van der Waals surface area contributed by atoms with E-state index in [9.17, 15) is 0 Å². The van der Waals surface area contributed by atoms with Crippen molar-refractivity contribution in [2.24, 2.45) is 0 Å². The zero-order valence-electron chi connectivity index (χ0n) is 14.3. The number of halogens is 1. The number of nitrogens with one attached hydrogen (secondary N) is 1. The van der Waals surface area contributed by atoms with Gasteiger partial charge in [-0.15, -0.1) is 0 Å². The molecule has 0 saturated carbocycles. The molecule has 2 nitrogen and oxygen atoms in total. The molecule has 0 aromatic heterocycles. The molecular weight excluding hydrogens is 372 g/mol. The third-order valence-corrected chi connectivity index (χ3v) is 5.57. The highest BCUT2D eigenvalue weighted by Gasteiger charge is 2.24. The maximum Gasteiger partial charge on any atom is 0.0608 e. The summed E-state index contributed by atoms with van der Waals surface area (Å²) in [6.45, 7) is 4.36. The van der Waals surface area contributed by atoms with Gasteiger partial charge in [-0.1, -0.05) is 70.5 Å². The maximum atomic E-state index is 3.58. The van der Waals surface area contributed by atoms with Gasteiger partial charge in [0, 0.05) is 24.1 Å². The molecule has 1 N–H and O–H groups in total. The smallest absolute Gasteiger partial charge is 0.0608 e. The third kappa shape index (κ3) is 3.64. The minimum atomic E-state index is 0.291. The minimum Gasteiger partial charge on any atom is -0.315 e. The Hall–Kier alpha value is -1.68. The average Bonchev–Trinajstić information content (AvgIpc) is 2.93. The Balaban J connectivity index is 1.85. The monoisotopic (exact) mass is 394 g/mol. The van der Waals surface area contributed by atoms with Crippen LogP contribution < -0.4 is 5.32 Å². The summed E-state index contributed by atoms with van der Waals surface area (Å²) in [5.41, 5.74) is 2.77. The average molecular weight is 395 g/mol. The van der Waals surface area contributed by atoms with E-state index in [1.54, 1.807) is 0 Å². The van der Waals surface area contributed by atoms with E-state index in [0.29, 0.717) is 6.04 Å². The minimum absolute atomic E-state index is 0.291. The van der Waals surface area contributed by atoms with Gasteiger partial charge in [-0.05, 0) is 47.0 Å². The predicted octanol–water partition coefficient (Wildman–Crippen LogP) is 4.99. The summed E-state index contributed by atoms with van der Waals surface area (Å²) in [7, 11) is 0. The molecule has 1 unspecified atom stereocenters. The fourth-order valence-electron chi connectivity index (χ4n) is 3.85. The molecule has 3 aromatic carbocycles. The zero-order chi connectivity index (χ0) is 17.1. The quantitative estimate of drug-likeness (QED) is 0.673. The molecule has 1 atom stereocenters. The van der Waals surface area contributed by atoms with Crippen LogP contribution in [0.5, 0.6) is 0 Å². The molecule has 1 saturated heterocycles. The molecule has 1 fully saturated rings. The lowest BCUT2D eigenvalue weighted by Crippen LogP contribution is -2.33. The summed E-state index contributed by atoms with van der Waals surface area (Å²) in [5.74, 6) is 0. The van der Waals surface area contributed by atoms with Crippen molar-refractivity contribution in [2.45, 2.75) is 12.5 Å². The fraction of sp³-hybridized carbons (Fsp3) is 0.273. The van der Waals surface area contributed by atoms with Crippen molar-refractivity contribution in [1.29, 1.82) is 0 Å². The van der Waals surface area contributed by atoms with Crippen molar-refractivity contribution < 1.29 is 0 Å². The van der Waals surface area contributed by atoms with Crippen molar-refractivity contribution in [1.82, 2.24) is 10.2 Å². The van der Waals surface area contributed by atoms with Crippen molar-refractivity contribution in [3.63, 3.8) is 0 Å². The molecule has 128 valence electrons. The summed E-state index contributed by atoms with van der Waals surface area (Å²) in [6, 6.07) is 24.6. The number of benzene rings is 3. The number of fused-ring (bicyclic) bond motifs is 1. The Labute approximate surface area is 158 Å². The van der Waals surface area contributed by atoms with Crippen molar-refractivity contribution in [2.75, 3.05) is 26.2 Å². The molecule has 1 aliphatic rings. The van der Waals surface area contributed by atoms with E-state index in [1.165, 1.54) is 28.3 Å². The lowest BCUT2D eigenvalue weighted by atomic mass is 9.92. The van der Waals surface area contributed by atoms with Gasteiger partial charge in [0.05, 0.1) is 6.04 Å². The first-order valence-corrected chi connectivity index (χ1v) is 9.80. The van der Waals surface area contributed by atoms with E-state index in [0.717, 1.165) is 30.7 Å². The second-order valence-electron chi connectivity index (χ2n) is 6.66. The Morgan fingerprint density at radius 1 is 0.840 bits per heavy atom. The van der Waals surface area contributed by atoms with Crippen LogP contribution in [-0.4, -0.2) is 31.1 Å². The van der Waals surface area contributed by atoms with Crippen LogP contribution in [-0.2, 0) is 0 Å². The SMILES string of the molecule is Brc1ccc(C(c2cccc3ccccc23)N2CCCNCC2)cc1. The zero-order valence-corrected chi connectivity index (χ0v) is 15.9. The molecule has 3 heteroatoms. The van der Waals surface area contributed by atoms with E-state index in [-0.39, 0.29) is 0 Å². The van der Waals surface area contributed by atoms with Crippen LogP contribution in [0.1, 0.15) is 23.6 Å². The van der Waals surface area contributed by atoms with Gasteiger partial charge in [0.25, 0.3) is 0 Å². The van der Waals surface area contributed by atoms with E-state index < -0.39 is 0 Å². The second-order valence-corrected chi connectivity index (χ2v) is 7.58.